The monoisotopic (exact) mass is 292 g/mol. The van der Waals surface area contributed by atoms with Crippen molar-refractivity contribution in [3.05, 3.63) is 28.4 Å². The van der Waals surface area contributed by atoms with Crippen LogP contribution in [0.25, 0.3) is 0 Å². The summed E-state index contributed by atoms with van der Waals surface area (Å²) in [6, 6.07) is 2.01. The van der Waals surface area contributed by atoms with Gasteiger partial charge in [-0.1, -0.05) is 13.8 Å². The SMILES string of the molecule is CCCn1ccc(C)[n+](CCC)c1=O.O=S(=O)([O-])O. The van der Waals surface area contributed by atoms with E-state index >= 15 is 0 Å². The van der Waals surface area contributed by atoms with Crippen LogP contribution in [0, 0.1) is 6.92 Å². The zero-order valence-corrected chi connectivity index (χ0v) is 12.2. The van der Waals surface area contributed by atoms with Crippen LogP contribution in [0.1, 0.15) is 32.4 Å². The first-order valence-electron chi connectivity index (χ1n) is 5.98. The predicted molar refractivity (Wildman–Crippen MR) is 68.5 cm³/mol. The van der Waals surface area contributed by atoms with Crippen LogP contribution in [0.4, 0.5) is 0 Å². The topological polar surface area (TPSA) is 103 Å². The van der Waals surface area contributed by atoms with Crippen LogP contribution in [0.5, 0.6) is 0 Å². The molecule has 0 aliphatic heterocycles. The lowest BCUT2D eigenvalue weighted by atomic mass is 10.4. The fourth-order valence-corrected chi connectivity index (χ4v) is 1.56. The minimum atomic E-state index is -4.92. The summed E-state index contributed by atoms with van der Waals surface area (Å²) in [6.07, 6.45) is 3.87. The van der Waals surface area contributed by atoms with E-state index in [-0.39, 0.29) is 5.69 Å². The summed E-state index contributed by atoms with van der Waals surface area (Å²) in [7, 11) is -4.92. The van der Waals surface area contributed by atoms with Gasteiger partial charge in [0.1, 0.15) is 5.69 Å². The molecule has 0 fully saturated rings. The molecule has 0 amide bonds. The van der Waals surface area contributed by atoms with Crippen molar-refractivity contribution in [2.24, 2.45) is 0 Å². The molecular weight excluding hydrogens is 272 g/mol. The van der Waals surface area contributed by atoms with Gasteiger partial charge in [-0.3, -0.25) is 4.55 Å². The summed E-state index contributed by atoms with van der Waals surface area (Å²) in [6.45, 7) is 7.77. The Hall–Kier alpha value is -1.25. The van der Waals surface area contributed by atoms with Gasteiger partial charge in [-0.05, 0) is 19.8 Å². The minimum Gasteiger partial charge on any atom is -0.726 e. The third-order valence-corrected chi connectivity index (χ3v) is 2.31. The van der Waals surface area contributed by atoms with Crippen molar-refractivity contribution in [3.63, 3.8) is 0 Å². The van der Waals surface area contributed by atoms with E-state index in [2.05, 4.69) is 13.8 Å². The highest BCUT2D eigenvalue weighted by Crippen LogP contribution is 1.89. The number of rotatable bonds is 4. The van der Waals surface area contributed by atoms with Crippen LogP contribution in [0.15, 0.2) is 17.1 Å². The van der Waals surface area contributed by atoms with Crippen LogP contribution in [0.2, 0.25) is 0 Å². The molecule has 1 aromatic heterocycles. The number of hydrogen-bond acceptors (Lipinski definition) is 4. The lowest BCUT2D eigenvalue weighted by molar-refractivity contribution is -0.721. The Morgan fingerprint density at radius 3 is 2.32 bits per heavy atom. The maximum Gasteiger partial charge on any atom is 0.498 e. The summed E-state index contributed by atoms with van der Waals surface area (Å²) < 4.78 is 36.5. The zero-order chi connectivity index (χ0) is 15.1. The number of aromatic nitrogens is 2. The highest BCUT2D eigenvalue weighted by Gasteiger charge is 2.11. The maximum atomic E-state index is 11.9. The molecule has 110 valence electrons. The predicted octanol–water partition coefficient (Wildman–Crippen LogP) is 0.269. The Balaban J connectivity index is 0.000000555. The molecule has 0 atom stereocenters. The number of nitrogens with zero attached hydrogens (tertiary/aromatic N) is 2. The molecule has 0 saturated carbocycles. The average Bonchev–Trinajstić information content (AvgIpc) is 2.26. The molecule has 1 N–H and O–H groups in total. The fourth-order valence-electron chi connectivity index (χ4n) is 1.56. The van der Waals surface area contributed by atoms with Crippen LogP contribution in [-0.4, -0.2) is 22.1 Å². The Labute approximate surface area is 113 Å². The largest absolute Gasteiger partial charge is 0.726 e. The molecular formula is C11H20N2O5S. The third kappa shape index (κ3) is 7.70. The summed E-state index contributed by atoms with van der Waals surface area (Å²) in [5, 5.41) is 0. The quantitative estimate of drug-likeness (QED) is 0.487. The van der Waals surface area contributed by atoms with Gasteiger partial charge in [-0.15, -0.1) is 0 Å². The molecule has 8 heteroatoms. The van der Waals surface area contributed by atoms with Crippen molar-refractivity contribution in [1.82, 2.24) is 4.57 Å². The van der Waals surface area contributed by atoms with Crippen LogP contribution in [0.3, 0.4) is 0 Å². The molecule has 0 saturated heterocycles. The highest BCUT2D eigenvalue weighted by molar-refractivity contribution is 7.79. The fraction of sp³-hybridized carbons (Fsp3) is 0.636. The first-order chi connectivity index (χ1) is 8.70. The first-order valence-corrected chi connectivity index (χ1v) is 7.35. The molecule has 0 spiro atoms. The van der Waals surface area contributed by atoms with Gasteiger partial charge in [0, 0.05) is 6.07 Å². The van der Waals surface area contributed by atoms with E-state index in [0.29, 0.717) is 0 Å². The minimum absolute atomic E-state index is 0.119. The number of aryl methyl sites for hydroxylation is 2. The summed E-state index contributed by atoms with van der Waals surface area (Å²) in [4.78, 5) is 11.9. The molecule has 1 heterocycles. The average molecular weight is 292 g/mol. The highest BCUT2D eigenvalue weighted by atomic mass is 32.3. The van der Waals surface area contributed by atoms with Gasteiger partial charge in [0.05, 0.1) is 19.3 Å². The van der Waals surface area contributed by atoms with Gasteiger partial charge in [0.2, 0.25) is 10.4 Å². The van der Waals surface area contributed by atoms with E-state index in [1.807, 2.05) is 23.8 Å². The van der Waals surface area contributed by atoms with Crippen molar-refractivity contribution < 1.29 is 22.1 Å². The van der Waals surface area contributed by atoms with Crippen LogP contribution >= 0.6 is 0 Å². The van der Waals surface area contributed by atoms with Gasteiger partial charge in [-0.2, -0.15) is 13.9 Å². The molecule has 0 bridgehead atoms. The maximum absolute atomic E-state index is 11.9. The molecule has 0 unspecified atom stereocenters. The molecule has 0 aromatic carbocycles. The summed E-state index contributed by atoms with van der Waals surface area (Å²) in [5.74, 6) is 0. The van der Waals surface area contributed by atoms with Gasteiger partial charge < -0.3 is 4.55 Å². The number of hydrogen-bond donors (Lipinski definition) is 1. The second-order valence-electron chi connectivity index (χ2n) is 4.01. The Bertz CT molecular complexity index is 543. The second-order valence-corrected chi connectivity index (χ2v) is 4.87. The van der Waals surface area contributed by atoms with E-state index < -0.39 is 10.4 Å². The Kier molecular flexibility index (Phi) is 7.50. The molecule has 7 nitrogen and oxygen atoms in total. The third-order valence-electron chi connectivity index (χ3n) is 2.31. The zero-order valence-electron chi connectivity index (χ0n) is 11.4. The molecule has 0 aliphatic carbocycles. The van der Waals surface area contributed by atoms with Crippen molar-refractivity contribution in [2.45, 2.75) is 46.7 Å². The second kappa shape index (κ2) is 8.03. The van der Waals surface area contributed by atoms with Crippen molar-refractivity contribution in [1.29, 1.82) is 0 Å². The van der Waals surface area contributed by atoms with E-state index in [4.69, 9.17) is 17.5 Å². The molecule has 0 aliphatic rings. The smallest absolute Gasteiger partial charge is 0.498 e. The van der Waals surface area contributed by atoms with Crippen LogP contribution in [-0.2, 0) is 23.5 Å². The van der Waals surface area contributed by atoms with Crippen LogP contribution < -0.4 is 10.3 Å². The molecule has 0 radical (unpaired) electrons. The molecule has 19 heavy (non-hydrogen) atoms. The molecule has 1 rings (SSSR count). The van der Waals surface area contributed by atoms with Gasteiger partial charge in [0.15, 0.2) is 0 Å². The van der Waals surface area contributed by atoms with E-state index in [0.717, 1.165) is 31.6 Å². The van der Waals surface area contributed by atoms with Gasteiger partial charge in [-0.25, -0.2) is 8.42 Å². The van der Waals surface area contributed by atoms with Crippen molar-refractivity contribution in [3.8, 4) is 0 Å². The Morgan fingerprint density at radius 1 is 1.37 bits per heavy atom. The van der Waals surface area contributed by atoms with Gasteiger partial charge >= 0.3 is 5.69 Å². The normalized spacial score (nSPS) is 10.8. The van der Waals surface area contributed by atoms with Crippen molar-refractivity contribution >= 4 is 10.4 Å². The molecule has 1 aromatic rings. The lowest BCUT2D eigenvalue weighted by Crippen LogP contribution is -2.56. The Morgan fingerprint density at radius 2 is 1.89 bits per heavy atom. The lowest BCUT2D eigenvalue weighted by Gasteiger charge is -2.03. The van der Waals surface area contributed by atoms with Crippen molar-refractivity contribution in [2.75, 3.05) is 0 Å². The van der Waals surface area contributed by atoms with E-state index in [1.165, 1.54) is 0 Å². The summed E-state index contributed by atoms with van der Waals surface area (Å²) in [5.41, 5.74) is 1.16. The van der Waals surface area contributed by atoms with E-state index in [1.54, 1.807) is 4.57 Å². The standard InChI is InChI=1S/C11H19N2O.H2O4S/c1-4-7-12-9-6-10(3)13(8-5-2)11(12)14;1-5(2,3)4/h6,9H,4-5,7-8H2,1-3H3;(H2,1,2,3,4)/q+1;/p-1. The van der Waals surface area contributed by atoms with Gasteiger partial charge in [0.25, 0.3) is 0 Å². The van der Waals surface area contributed by atoms with E-state index in [9.17, 15) is 4.79 Å². The summed E-state index contributed by atoms with van der Waals surface area (Å²) >= 11 is 0. The first kappa shape index (κ1) is 17.8.